The number of urea groups is 1. The minimum absolute atomic E-state index is 0.103. The van der Waals surface area contributed by atoms with E-state index in [4.69, 9.17) is 9.26 Å². The molecular formula is C11H18N4O3. The molecule has 0 aromatic carbocycles. The van der Waals surface area contributed by atoms with Crippen LogP contribution in [0.2, 0.25) is 0 Å². The number of carbonyl (C=O) groups is 1. The van der Waals surface area contributed by atoms with Gasteiger partial charge in [0.1, 0.15) is 6.04 Å². The Labute approximate surface area is 105 Å². The van der Waals surface area contributed by atoms with Crippen molar-refractivity contribution < 1.29 is 14.1 Å². The molecule has 1 atom stereocenters. The molecule has 1 N–H and O–H groups in total. The summed E-state index contributed by atoms with van der Waals surface area (Å²) in [4.78, 5) is 17.9. The summed E-state index contributed by atoms with van der Waals surface area (Å²) in [5.74, 6) is 1.11. The van der Waals surface area contributed by atoms with Gasteiger partial charge in [0, 0.05) is 20.2 Å². The Bertz CT molecular complexity index is 407. The maximum Gasteiger partial charge on any atom is 0.318 e. The van der Waals surface area contributed by atoms with E-state index in [1.807, 2.05) is 0 Å². The van der Waals surface area contributed by atoms with Crippen LogP contribution in [-0.4, -0.2) is 47.9 Å². The summed E-state index contributed by atoms with van der Waals surface area (Å²) < 4.78 is 10.0. The van der Waals surface area contributed by atoms with Crippen molar-refractivity contribution in [3.05, 3.63) is 11.7 Å². The number of aromatic nitrogens is 2. The quantitative estimate of drug-likeness (QED) is 0.806. The molecule has 1 saturated heterocycles. The molecule has 100 valence electrons. The van der Waals surface area contributed by atoms with Crippen LogP contribution in [0, 0.1) is 6.92 Å². The Morgan fingerprint density at radius 3 is 3.17 bits per heavy atom. The molecule has 1 aromatic rings. The molecule has 0 radical (unpaired) electrons. The van der Waals surface area contributed by atoms with Crippen LogP contribution in [0.3, 0.4) is 0 Å². The molecule has 1 aliphatic heterocycles. The molecule has 7 heteroatoms. The van der Waals surface area contributed by atoms with Crippen molar-refractivity contribution in [3.8, 4) is 0 Å². The van der Waals surface area contributed by atoms with Crippen molar-refractivity contribution >= 4 is 6.03 Å². The standard InChI is InChI=1S/C11H18N4O3/c1-8-13-10(18-14-8)9-4-3-6-15(9)11(16)12-5-7-17-2/h9H,3-7H2,1-2H3,(H,12,16). The predicted molar refractivity (Wildman–Crippen MR) is 63.0 cm³/mol. The second-order valence-corrected chi connectivity index (χ2v) is 4.26. The first kappa shape index (κ1) is 12.8. The second kappa shape index (κ2) is 5.81. The fraction of sp³-hybridized carbons (Fsp3) is 0.727. The van der Waals surface area contributed by atoms with Gasteiger partial charge in [-0.3, -0.25) is 0 Å². The zero-order chi connectivity index (χ0) is 13.0. The molecule has 0 aliphatic carbocycles. The summed E-state index contributed by atoms with van der Waals surface area (Å²) >= 11 is 0. The van der Waals surface area contributed by atoms with Crippen molar-refractivity contribution in [2.45, 2.75) is 25.8 Å². The van der Waals surface area contributed by atoms with Crippen LogP contribution < -0.4 is 5.32 Å². The first-order valence-corrected chi connectivity index (χ1v) is 6.06. The molecule has 0 bridgehead atoms. The van der Waals surface area contributed by atoms with E-state index >= 15 is 0 Å². The first-order chi connectivity index (χ1) is 8.72. The molecule has 0 spiro atoms. The lowest BCUT2D eigenvalue weighted by Crippen LogP contribution is -2.40. The van der Waals surface area contributed by atoms with Gasteiger partial charge in [0.05, 0.1) is 6.61 Å². The van der Waals surface area contributed by atoms with Gasteiger partial charge in [0.2, 0.25) is 5.89 Å². The molecule has 7 nitrogen and oxygen atoms in total. The van der Waals surface area contributed by atoms with Gasteiger partial charge in [0.15, 0.2) is 5.82 Å². The highest BCUT2D eigenvalue weighted by molar-refractivity contribution is 5.74. The van der Waals surface area contributed by atoms with Gasteiger partial charge in [-0.1, -0.05) is 5.16 Å². The van der Waals surface area contributed by atoms with E-state index in [1.54, 1.807) is 18.9 Å². The van der Waals surface area contributed by atoms with E-state index in [1.165, 1.54) is 0 Å². The fourth-order valence-corrected chi connectivity index (χ4v) is 2.08. The minimum atomic E-state index is -0.106. The number of nitrogens with zero attached hydrogens (tertiary/aromatic N) is 3. The highest BCUT2D eigenvalue weighted by Gasteiger charge is 2.33. The van der Waals surface area contributed by atoms with Crippen molar-refractivity contribution in [3.63, 3.8) is 0 Å². The molecule has 1 unspecified atom stereocenters. The van der Waals surface area contributed by atoms with E-state index in [0.717, 1.165) is 12.8 Å². The molecule has 1 aromatic heterocycles. The lowest BCUT2D eigenvalue weighted by molar-refractivity contribution is 0.168. The molecule has 2 rings (SSSR count). The normalized spacial score (nSPS) is 19.2. The smallest absolute Gasteiger partial charge is 0.318 e. The van der Waals surface area contributed by atoms with Crippen molar-refractivity contribution in [1.29, 1.82) is 0 Å². The molecular weight excluding hydrogens is 236 g/mol. The van der Waals surface area contributed by atoms with Gasteiger partial charge < -0.3 is 19.5 Å². The van der Waals surface area contributed by atoms with Crippen LogP contribution in [0.15, 0.2) is 4.52 Å². The summed E-state index contributed by atoms with van der Waals surface area (Å²) in [7, 11) is 1.60. The number of rotatable bonds is 4. The zero-order valence-electron chi connectivity index (χ0n) is 10.7. The Kier molecular flexibility index (Phi) is 4.14. The topological polar surface area (TPSA) is 80.5 Å². The van der Waals surface area contributed by atoms with E-state index in [-0.39, 0.29) is 12.1 Å². The number of aryl methyl sites for hydroxylation is 1. The zero-order valence-corrected chi connectivity index (χ0v) is 10.7. The number of likely N-dealkylation sites (tertiary alicyclic amines) is 1. The van der Waals surface area contributed by atoms with Crippen LogP contribution in [0.25, 0.3) is 0 Å². The number of amides is 2. The molecule has 2 heterocycles. The van der Waals surface area contributed by atoms with Gasteiger partial charge in [-0.15, -0.1) is 0 Å². The van der Waals surface area contributed by atoms with Gasteiger partial charge in [0.25, 0.3) is 0 Å². The van der Waals surface area contributed by atoms with Crippen LogP contribution in [-0.2, 0) is 4.74 Å². The number of methoxy groups -OCH3 is 1. The van der Waals surface area contributed by atoms with Gasteiger partial charge >= 0.3 is 6.03 Å². The molecule has 18 heavy (non-hydrogen) atoms. The summed E-state index contributed by atoms with van der Waals surface area (Å²) in [6, 6.07) is -0.209. The monoisotopic (exact) mass is 254 g/mol. The fourth-order valence-electron chi connectivity index (χ4n) is 2.08. The predicted octanol–water partition coefficient (Wildman–Crippen LogP) is 0.871. The van der Waals surface area contributed by atoms with Crippen LogP contribution in [0.1, 0.15) is 30.6 Å². The van der Waals surface area contributed by atoms with Crippen molar-refractivity contribution in [2.24, 2.45) is 0 Å². The Morgan fingerprint density at radius 1 is 1.67 bits per heavy atom. The number of ether oxygens (including phenoxy) is 1. The highest BCUT2D eigenvalue weighted by Crippen LogP contribution is 2.30. The average molecular weight is 254 g/mol. The molecule has 2 amide bonds. The average Bonchev–Trinajstić information content (AvgIpc) is 2.97. The van der Waals surface area contributed by atoms with Gasteiger partial charge in [-0.05, 0) is 19.8 Å². The summed E-state index contributed by atoms with van der Waals surface area (Å²) in [5, 5.41) is 6.57. The van der Waals surface area contributed by atoms with E-state index < -0.39 is 0 Å². The van der Waals surface area contributed by atoms with Gasteiger partial charge in [-0.2, -0.15) is 4.98 Å². The van der Waals surface area contributed by atoms with Crippen LogP contribution in [0.4, 0.5) is 4.79 Å². The third-order valence-corrected chi connectivity index (χ3v) is 2.92. The molecule has 1 fully saturated rings. The van der Waals surface area contributed by atoms with E-state index in [2.05, 4.69) is 15.5 Å². The number of hydrogen-bond acceptors (Lipinski definition) is 5. The summed E-state index contributed by atoms with van der Waals surface area (Å²) in [6.45, 7) is 3.49. The van der Waals surface area contributed by atoms with Crippen molar-refractivity contribution in [2.75, 3.05) is 26.8 Å². The first-order valence-electron chi connectivity index (χ1n) is 6.06. The SMILES string of the molecule is COCCNC(=O)N1CCCC1c1nc(C)no1. The maximum atomic E-state index is 12.0. The maximum absolute atomic E-state index is 12.0. The largest absolute Gasteiger partial charge is 0.383 e. The Morgan fingerprint density at radius 2 is 2.50 bits per heavy atom. The summed E-state index contributed by atoms with van der Waals surface area (Å²) in [6.07, 6.45) is 1.81. The second-order valence-electron chi connectivity index (χ2n) is 4.26. The molecule has 1 aliphatic rings. The Hall–Kier alpha value is -1.63. The van der Waals surface area contributed by atoms with E-state index in [0.29, 0.717) is 31.4 Å². The van der Waals surface area contributed by atoms with Crippen LogP contribution in [0.5, 0.6) is 0 Å². The van der Waals surface area contributed by atoms with E-state index in [9.17, 15) is 4.79 Å². The highest BCUT2D eigenvalue weighted by atomic mass is 16.5. The van der Waals surface area contributed by atoms with Crippen molar-refractivity contribution in [1.82, 2.24) is 20.4 Å². The third kappa shape index (κ3) is 2.79. The summed E-state index contributed by atoms with van der Waals surface area (Å²) in [5.41, 5.74) is 0. The lowest BCUT2D eigenvalue weighted by Gasteiger charge is -2.22. The number of hydrogen-bond donors (Lipinski definition) is 1. The number of carbonyl (C=O) groups excluding carboxylic acids is 1. The van der Waals surface area contributed by atoms with Gasteiger partial charge in [-0.25, -0.2) is 4.79 Å². The third-order valence-electron chi connectivity index (χ3n) is 2.92. The molecule has 0 saturated carbocycles. The van der Waals surface area contributed by atoms with Crippen LogP contribution >= 0.6 is 0 Å². The minimum Gasteiger partial charge on any atom is -0.383 e. The lowest BCUT2D eigenvalue weighted by atomic mass is 10.2. The number of nitrogens with one attached hydrogen (secondary N) is 1. The Balaban J connectivity index is 1.97.